The first kappa shape index (κ1) is 15.3. The summed E-state index contributed by atoms with van der Waals surface area (Å²) in [5, 5.41) is 14.7. The van der Waals surface area contributed by atoms with Crippen LogP contribution in [0.3, 0.4) is 0 Å². The Balaban J connectivity index is 1.60. The van der Waals surface area contributed by atoms with Gasteiger partial charge in [0.05, 0.1) is 24.3 Å². The van der Waals surface area contributed by atoms with Crippen molar-refractivity contribution in [2.75, 3.05) is 31.2 Å². The number of anilines is 1. The Morgan fingerprint density at radius 2 is 2.12 bits per heavy atom. The highest BCUT2D eigenvalue weighted by Crippen LogP contribution is 2.26. The summed E-state index contributed by atoms with van der Waals surface area (Å²) in [7, 11) is 0. The standard InChI is InChI=1S/C15H14N6O4/c22-21(23)11-8-12(17-9-11)15-18-14(19-25-15)10-1-2-16-13(7-10)20-3-5-24-6-4-20/h1-2,7-9,17H,3-6H2. The number of nitrogens with zero attached hydrogens (tertiary/aromatic N) is 5. The van der Waals surface area contributed by atoms with Gasteiger partial charge in [-0.05, 0) is 12.1 Å². The van der Waals surface area contributed by atoms with E-state index in [-0.39, 0.29) is 11.6 Å². The number of ether oxygens (including phenoxy) is 1. The molecule has 0 saturated carbocycles. The molecular weight excluding hydrogens is 328 g/mol. The Morgan fingerprint density at radius 1 is 1.28 bits per heavy atom. The van der Waals surface area contributed by atoms with Crippen molar-refractivity contribution in [1.82, 2.24) is 20.1 Å². The van der Waals surface area contributed by atoms with Gasteiger partial charge in [-0.2, -0.15) is 4.98 Å². The minimum absolute atomic E-state index is 0.0618. The number of hydrogen-bond acceptors (Lipinski definition) is 8. The fourth-order valence-corrected chi connectivity index (χ4v) is 2.58. The lowest BCUT2D eigenvalue weighted by molar-refractivity contribution is -0.384. The van der Waals surface area contributed by atoms with Gasteiger partial charge in [0.25, 0.3) is 11.6 Å². The van der Waals surface area contributed by atoms with E-state index in [1.807, 2.05) is 6.07 Å². The summed E-state index contributed by atoms with van der Waals surface area (Å²) < 4.78 is 10.6. The van der Waals surface area contributed by atoms with Crippen molar-refractivity contribution in [3.8, 4) is 23.0 Å². The normalized spacial score (nSPS) is 14.6. The highest BCUT2D eigenvalue weighted by atomic mass is 16.6. The van der Waals surface area contributed by atoms with Gasteiger partial charge in [0.1, 0.15) is 11.5 Å². The molecular formula is C15H14N6O4. The maximum Gasteiger partial charge on any atom is 0.287 e. The van der Waals surface area contributed by atoms with E-state index in [2.05, 4.69) is 25.0 Å². The fourth-order valence-electron chi connectivity index (χ4n) is 2.58. The SMILES string of the molecule is O=[N+]([O-])c1c[nH]c(-c2nc(-c3ccnc(N4CCOCC4)c3)no2)c1. The smallest absolute Gasteiger partial charge is 0.287 e. The Kier molecular flexibility index (Phi) is 3.86. The largest absolute Gasteiger partial charge is 0.378 e. The van der Waals surface area contributed by atoms with Crippen LogP contribution in [0.5, 0.6) is 0 Å². The maximum absolute atomic E-state index is 10.8. The van der Waals surface area contributed by atoms with Gasteiger partial charge < -0.3 is 19.1 Å². The van der Waals surface area contributed by atoms with Crippen LogP contribution in [0.2, 0.25) is 0 Å². The molecule has 0 atom stereocenters. The Labute approximate surface area is 141 Å². The Morgan fingerprint density at radius 3 is 2.88 bits per heavy atom. The van der Waals surface area contributed by atoms with E-state index >= 15 is 0 Å². The van der Waals surface area contributed by atoms with Gasteiger partial charge >= 0.3 is 0 Å². The molecule has 128 valence electrons. The van der Waals surface area contributed by atoms with E-state index in [1.54, 1.807) is 12.3 Å². The van der Waals surface area contributed by atoms with Crippen LogP contribution in [0.25, 0.3) is 23.0 Å². The van der Waals surface area contributed by atoms with E-state index < -0.39 is 4.92 Å². The molecule has 1 N–H and O–H groups in total. The van der Waals surface area contributed by atoms with Crippen molar-refractivity contribution >= 4 is 11.5 Å². The second-order valence-electron chi connectivity index (χ2n) is 5.45. The number of morpholine rings is 1. The van der Waals surface area contributed by atoms with Crippen LogP contribution < -0.4 is 4.90 Å². The average Bonchev–Trinajstić information content (AvgIpc) is 3.32. The summed E-state index contributed by atoms with van der Waals surface area (Å²) >= 11 is 0. The van der Waals surface area contributed by atoms with Crippen molar-refractivity contribution < 1.29 is 14.2 Å². The summed E-state index contributed by atoms with van der Waals surface area (Å²) in [4.78, 5) is 23.8. The number of nitro groups is 1. The third-order valence-electron chi connectivity index (χ3n) is 3.87. The molecule has 0 aromatic carbocycles. The molecule has 25 heavy (non-hydrogen) atoms. The first-order valence-corrected chi connectivity index (χ1v) is 7.67. The quantitative estimate of drug-likeness (QED) is 0.563. The lowest BCUT2D eigenvalue weighted by Crippen LogP contribution is -2.36. The van der Waals surface area contributed by atoms with Crippen LogP contribution in [0.15, 0.2) is 35.1 Å². The van der Waals surface area contributed by atoms with E-state index in [0.29, 0.717) is 24.7 Å². The van der Waals surface area contributed by atoms with Gasteiger partial charge in [0, 0.05) is 30.9 Å². The Bertz CT molecular complexity index is 899. The molecule has 4 rings (SSSR count). The number of rotatable bonds is 4. The molecule has 1 aliphatic rings. The van der Waals surface area contributed by atoms with Gasteiger partial charge in [-0.25, -0.2) is 4.98 Å². The molecule has 0 spiro atoms. The topological polar surface area (TPSA) is 123 Å². The number of nitrogens with one attached hydrogen (secondary N) is 1. The highest BCUT2D eigenvalue weighted by molar-refractivity contribution is 5.62. The molecule has 0 unspecified atom stereocenters. The first-order chi connectivity index (χ1) is 12.2. The first-order valence-electron chi connectivity index (χ1n) is 7.67. The van der Waals surface area contributed by atoms with E-state index in [9.17, 15) is 10.1 Å². The molecule has 10 nitrogen and oxygen atoms in total. The summed E-state index contributed by atoms with van der Waals surface area (Å²) in [6, 6.07) is 5.02. The molecule has 0 bridgehead atoms. The lowest BCUT2D eigenvalue weighted by Gasteiger charge is -2.27. The molecule has 4 heterocycles. The van der Waals surface area contributed by atoms with E-state index in [1.165, 1.54) is 12.3 Å². The zero-order valence-electron chi connectivity index (χ0n) is 13.1. The van der Waals surface area contributed by atoms with Crippen LogP contribution in [0.4, 0.5) is 11.5 Å². The highest BCUT2D eigenvalue weighted by Gasteiger charge is 2.18. The monoisotopic (exact) mass is 342 g/mol. The summed E-state index contributed by atoms with van der Waals surface area (Å²) in [6.45, 7) is 2.90. The molecule has 1 saturated heterocycles. The van der Waals surface area contributed by atoms with E-state index in [0.717, 1.165) is 24.5 Å². The fraction of sp³-hybridized carbons (Fsp3) is 0.267. The second-order valence-corrected chi connectivity index (χ2v) is 5.45. The molecule has 1 aliphatic heterocycles. The van der Waals surface area contributed by atoms with Gasteiger partial charge in [0.2, 0.25) is 5.82 Å². The van der Waals surface area contributed by atoms with E-state index in [4.69, 9.17) is 9.26 Å². The summed E-state index contributed by atoms with van der Waals surface area (Å²) in [6.07, 6.45) is 2.97. The van der Waals surface area contributed by atoms with Crippen LogP contribution in [0.1, 0.15) is 0 Å². The van der Waals surface area contributed by atoms with Crippen molar-refractivity contribution in [2.24, 2.45) is 0 Å². The number of H-pyrrole nitrogens is 1. The number of aromatic nitrogens is 4. The molecule has 1 fully saturated rings. The van der Waals surface area contributed by atoms with Crippen LogP contribution >= 0.6 is 0 Å². The van der Waals surface area contributed by atoms with Crippen LogP contribution in [-0.2, 0) is 4.74 Å². The molecule has 10 heteroatoms. The number of hydrogen-bond donors (Lipinski definition) is 1. The van der Waals surface area contributed by atoms with Gasteiger partial charge in [-0.3, -0.25) is 10.1 Å². The molecule has 3 aromatic heterocycles. The molecule has 3 aromatic rings. The molecule has 0 radical (unpaired) electrons. The van der Waals surface area contributed by atoms with Crippen molar-refractivity contribution in [2.45, 2.75) is 0 Å². The minimum Gasteiger partial charge on any atom is -0.378 e. The molecule has 0 aliphatic carbocycles. The van der Waals surface area contributed by atoms with Gasteiger partial charge in [0.15, 0.2) is 0 Å². The maximum atomic E-state index is 10.8. The third kappa shape index (κ3) is 3.06. The Hall–Kier alpha value is -3.27. The third-order valence-corrected chi connectivity index (χ3v) is 3.87. The predicted octanol–water partition coefficient (Wildman–Crippen LogP) is 1.87. The van der Waals surface area contributed by atoms with Gasteiger partial charge in [-0.15, -0.1) is 0 Å². The lowest BCUT2D eigenvalue weighted by atomic mass is 10.2. The van der Waals surface area contributed by atoms with Crippen molar-refractivity contribution in [3.05, 3.63) is 40.7 Å². The summed E-state index contributed by atoms with van der Waals surface area (Å²) in [5.41, 5.74) is 1.09. The van der Waals surface area contributed by atoms with Crippen molar-refractivity contribution in [3.63, 3.8) is 0 Å². The number of pyridine rings is 1. The minimum atomic E-state index is -0.491. The predicted molar refractivity (Wildman–Crippen MR) is 87.0 cm³/mol. The van der Waals surface area contributed by atoms with Crippen LogP contribution in [0, 0.1) is 10.1 Å². The molecule has 0 amide bonds. The average molecular weight is 342 g/mol. The van der Waals surface area contributed by atoms with Gasteiger partial charge in [-0.1, -0.05) is 5.16 Å². The van der Waals surface area contributed by atoms with Crippen LogP contribution in [-0.4, -0.2) is 51.3 Å². The summed E-state index contributed by atoms with van der Waals surface area (Å²) in [5.74, 6) is 1.40. The zero-order chi connectivity index (χ0) is 17.2. The second kappa shape index (κ2) is 6.32. The number of aromatic amines is 1. The zero-order valence-corrected chi connectivity index (χ0v) is 13.1. The van der Waals surface area contributed by atoms with Crippen molar-refractivity contribution in [1.29, 1.82) is 0 Å².